The lowest BCUT2D eigenvalue weighted by Crippen LogP contribution is -2.51. The van der Waals surface area contributed by atoms with Crippen molar-refractivity contribution in [2.24, 2.45) is 0 Å². The van der Waals surface area contributed by atoms with Gasteiger partial charge in [-0.05, 0) is 56.2 Å². The first-order chi connectivity index (χ1) is 15.1. The lowest BCUT2D eigenvalue weighted by molar-refractivity contribution is -0.134. The molecule has 1 saturated heterocycles. The van der Waals surface area contributed by atoms with Crippen LogP contribution in [0.5, 0.6) is 5.75 Å². The largest absolute Gasteiger partial charge is 0.494 e. The molecule has 2 aliphatic rings. The molecule has 2 aromatic carbocycles. The number of hydrogen-bond donors (Lipinski definition) is 1. The van der Waals surface area contributed by atoms with Crippen LogP contribution >= 0.6 is 11.8 Å². The number of anilines is 2. The number of fused-ring (bicyclic) bond motifs is 1. The molecule has 0 aromatic heterocycles. The molecule has 4 rings (SSSR count). The minimum absolute atomic E-state index is 0.159. The molecule has 1 atom stereocenters. The van der Waals surface area contributed by atoms with Gasteiger partial charge in [-0.15, -0.1) is 11.8 Å². The van der Waals surface area contributed by atoms with Gasteiger partial charge in [0.25, 0.3) is 5.91 Å². The van der Waals surface area contributed by atoms with Crippen molar-refractivity contribution in [1.82, 2.24) is 4.90 Å². The predicted molar refractivity (Wildman–Crippen MR) is 120 cm³/mol. The van der Waals surface area contributed by atoms with Crippen molar-refractivity contribution >= 4 is 40.9 Å². The van der Waals surface area contributed by atoms with Crippen LogP contribution in [0.4, 0.5) is 11.4 Å². The van der Waals surface area contributed by atoms with Crippen LogP contribution in [0.2, 0.25) is 0 Å². The molecule has 2 aromatic rings. The van der Waals surface area contributed by atoms with E-state index < -0.39 is 5.25 Å². The first-order valence-corrected chi connectivity index (χ1v) is 11.3. The Kier molecular flexibility index (Phi) is 6.46. The van der Waals surface area contributed by atoms with E-state index in [1.54, 1.807) is 35.2 Å². The van der Waals surface area contributed by atoms with E-state index in [-0.39, 0.29) is 24.3 Å². The number of amides is 3. The molecule has 7 nitrogen and oxygen atoms in total. The van der Waals surface area contributed by atoms with E-state index >= 15 is 0 Å². The van der Waals surface area contributed by atoms with Gasteiger partial charge in [0.05, 0.1) is 12.3 Å². The zero-order valence-electron chi connectivity index (χ0n) is 17.4. The molecular formula is C23H25N3O4S. The van der Waals surface area contributed by atoms with Gasteiger partial charge in [-0.2, -0.15) is 0 Å². The Morgan fingerprint density at radius 2 is 1.81 bits per heavy atom. The zero-order chi connectivity index (χ0) is 21.8. The molecule has 8 heteroatoms. The van der Waals surface area contributed by atoms with Gasteiger partial charge in [0.1, 0.15) is 12.3 Å². The fourth-order valence-corrected chi connectivity index (χ4v) is 4.97. The third-order valence-electron chi connectivity index (χ3n) is 5.28. The SMILES string of the molecule is CCOc1ccc(NC(=O)CN2C(=O)[C@@H](C(=O)N3CCCC3)Sc3ccccc32)cc1. The number of nitrogens with zero attached hydrogens (tertiary/aromatic N) is 2. The molecule has 2 heterocycles. The number of nitrogens with one attached hydrogen (secondary N) is 1. The van der Waals surface area contributed by atoms with E-state index in [2.05, 4.69) is 5.32 Å². The highest BCUT2D eigenvalue weighted by molar-refractivity contribution is 8.01. The van der Waals surface area contributed by atoms with Gasteiger partial charge >= 0.3 is 0 Å². The Balaban J connectivity index is 1.50. The second-order valence-electron chi connectivity index (χ2n) is 7.43. The first kappa shape index (κ1) is 21.2. The number of carbonyl (C=O) groups is 3. The van der Waals surface area contributed by atoms with Crippen molar-refractivity contribution in [3.63, 3.8) is 0 Å². The fourth-order valence-electron chi connectivity index (χ4n) is 3.79. The highest BCUT2D eigenvalue weighted by atomic mass is 32.2. The maximum absolute atomic E-state index is 13.3. The van der Waals surface area contributed by atoms with Gasteiger partial charge in [-0.3, -0.25) is 14.4 Å². The number of benzene rings is 2. The number of carbonyl (C=O) groups excluding carboxylic acids is 3. The number of para-hydroxylation sites is 1. The van der Waals surface area contributed by atoms with Crippen LogP contribution in [-0.4, -0.2) is 54.1 Å². The Hall–Kier alpha value is -3.00. The number of hydrogen-bond acceptors (Lipinski definition) is 5. The smallest absolute Gasteiger partial charge is 0.250 e. The number of thioether (sulfide) groups is 1. The van der Waals surface area contributed by atoms with Crippen LogP contribution in [0.25, 0.3) is 0 Å². The van der Waals surface area contributed by atoms with Crippen molar-refractivity contribution in [3.05, 3.63) is 48.5 Å². The summed E-state index contributed by atoms with van der Waals surface area (Å²) in [6.45, 7) is 3.68. The Labute approximate surface area is 185 Å². The molecule has 1 N–H and O–H groups in total. The monoisotopic (exact) mass is 439 g/mol. The Morgan fingerprint density at radius 3 is 2.52 bits per heavy atom. The Morgan fingerprint density at radius 1 is 1.10 bits per heavy atom. The van der Waals surface area contributed by atoms with Crippen molar-refractivity contribution in [2.75, 3.05) is 36.5 Å². The van der Waals surface area contributed by atoms with Gasteiger partial charge in [-0.1, -0.05) is 12.1 Å². The van der Waals surface area contributed by atoms with Gasteiger partial charge in [0.15, 0.2) is 5.25 Å². The highest BCUT2D eigenvalue weighted by Crippen LogP contribution is 2.40. The van der Waals surface area contributed by atoms with E-state index in [1.807, 2.05) is 25.1 Å². The third kappa shape index (κ3) is 4.69. The van der Waals surface area contributed by atoms with Crippen LogP contribution in [0.15, 0.2) is 53.4 Å². The molecule has 31 heavy (non-hydrogen) atoms. The molecule has 0 saturated carbocycles. The summed E-state index contributed by atoms with van der Waals surface area (Å²) in [5.41, 5.74) is 1.27. The number of ether oxygens (including phenoxy) is 1. The minimum Gasteiger partial charge on any atom is -0.494 e. The van der Waals surface area contributed by atoms with Crippen molar-refractivity contribution < 1.29 is 19.1 Å². The quantitative estimate of drug-likeness (QED) is 0.700. The predicted octanol–water partition coefficient (Wildman–Crippen LogP) is 3.15. The van der Waals surface area contributed by atoms with Crippen molar-refractivity contribution in [3.8, 4) is 5.75 Å². The molecule has 0 unspecified atom stereocenters. The zero-order valence-corrected chi connectivity index (χ0v) is 18.2. The lowest BCUT2D eigenvalue weighted by atomic mass is 10.2. The molecular weight excluding hydrogens is 414 g/mol. The van der Waals surface area contributed by atoms with E-state index in [0.29, 0.717) is 31.1 Å². The summed E-state index contributed by atoms with van der Waals surface area (Å²) < 4.78 is 5.41. The normalized spacial score (nSPS) is 18.0. The average molecular weight is 440 g/mol. The van der Waals surface area contributed by atoms with Crippen molar-refractivity contribution in [2.45, 2.75) is 29.9 Å². The van der Waals surface area contributed by atoms with Crippen LogP contribution < -0.4 is 15.0 Å². The van der Waals surface area contributed by atoms with E-state index in [0.717, 1.165) is 23.5 Å². The van der Waals surface area contributed by atoms with E-state index in [1.165, 1.54) is 16.7 Å². The first-order valence-electron chi connectivity index (χ1n) is 10.5. The van der Waals surface area contributed by atoms with E-state index in [9.17, 15) is 14.4 Å². The topological polar surface area (TPSA) is 79.0 Å². The summed E-state index contributed by atoms with van der Waals surface area (Å²) in [7, 11) is 0. The van der Waals surface area contributed by atoms with Crippen molar-refractivity contribution in [1.29, 1.82) is 0 Å². The summed E-state index contributed by atoms with van der Waals surface area (Å²) in [6.07, 6.45) is 1.92. The van der Waals surface area contributed by atoms with Crippen LogP contribution in [0.1, 0.15) is 19.8 Å². The molecule has 0 radical (unpaired) electrons. The Bertz CT molecular complexity index is 973. The molecule has 0 spiro atoms. The molecule has 2 aliphatic heterocycles. The molecule has 162 valence electrons. The summed E-state index contributed by atoms with van der Waals surface area (Å²) in [5.74, 6) is -0.117. The van der Waals surface area contributed by atoms with Crippen LogP contribution in [-0.2, 0) is 14.4 Å². The summed E-state index contributed by atoms with van der Waals surface area (Å²) in [4.78, 5) is 43.0. The highest BCUT2D eigenvalue weighted by Gasteiger charge is 2.41. The molecule has 0 aliphatic carbocycles. The van der Waals surface area contributed by atoms with Gasteiger partial charge in [0, 0.05) is 23.7 Å². The second-order valence-corrected chi connectivity index (χ2v) is 8.57. The molecule has 0 bridgehead atoms. The van der Waals surface area contributed by atoms with Gasteiger partial charge < -0.3 is 19.9 Å². The minimum atomic E-state index is -0.855. The third-order valence-corrected chi connectivity index (χ3v) is 6.52. The summed E-state index contributed by atoms with van der Waals surface area (Å²) in [5, 5.41) is 1.96. The maximum Gasteiger partial charge on any atom is 0.250 e. The second kappa shape index (κ2) is 9.43. The summed E-state index contributed by atoms with van der Waals surface area (Å²) in [6, 6.07) is 14.5. The maximum atomic E-state index is 13.3. The van der Waals surface area contributed by atoms with Crippen LogP contribution in [0, 0.1) is 0 Å². The van der Waals surface area contributed by atoms with Gasteiger partial charge in [-0.25, -0.2) is 0 Å². The number of likely N-dealkylation sites (tertiary alicyclic amines) is 1. The standard InChI is InChI=1S/C23H25N3O4S/c1-2-30-17-11-9-16(10-12-17)24-20(27)15-26-18-7-3-4-8-19(18)31-21(23(26)29)22(28)25-13-5-6-14-25/h3-4,7-12,21H,2,5-6,13-15H2,1H3,(H,24,27)/t21-/m1/s1. The van der Waals surface area contributed by atoms with E-state index in [4.69, 9.17) is 4.74 Å². The molecule has 3 amide bonds. The van der Waals surface area contributed by atoms with Gasteiger partial charge in [0.2, 0.25) is 11.8 Å². The van der Waals surface area contributed by atoms with Crippen LogP contribution in [0.3, 0.4) is 0 Å². The lowest BCUT2D eigenvalue weighted by Gasteiger charge is -2.34. The average Bonchev–Trinajstić information content (AvgIpc) is 3.31. The number of rotatable bonds is 6. The summed E-state index contributed by atoms with van der Waals surface area (Å²) >= 11 is 1.27. The fraction of sp³-hybridized carbons (Fsp3) is 0.348. The molecule has 1 fully saturated rings.